The smallest absolute Gasteiger partial charge is 0.254 e. The number of methoxy groups -OCH3 is 1. The number of hydrogen-bond donors (Lipinski definition) is 0. The van der Waals surface area contributed by atoms with Crippen LogP contribution in [0.15, 0.2) is 95.5 Å². The molecule has 4 rings (SSSR count). The molecule has 30 heavy (non-hydrogen) atoms. The second-order valence-corrected chi connectivity index (χ2v) is 6.92. The Kier molecular flexibility index (Phi) is 5.90. The second kappa shape index (κ2) is 9.09. The topological polar surface area (TPSA) is 55.6 Å². The summed E-state index contributed by atoms with van der Waals surface area (Å²) >= 11 is 0. The SMILES string of the molecule is COc1ccc(-c2cc(CN(Cc3ccccc3)C(=O)c3ccccc3)no2)cc1. The van der Waals surface area contributed by atoms with Crippen LogP contribution in [0.25, 0.3) is 11.3 Å². The van der Waals surface area contributed by atoms with Gasteiger partial charge in [-0.15, -0.1) is 0 Å². The van der Waals surface area contributed by atoms with Crippen molar-refractivity contribution in [2.24, 2.45) is 0 Å². The summed E-state index contributed by atoms with van der Waals surface area (Å²) in [6, 6.07) is 28.7. The molecule has 0 unspecified atom stereocenters. The van der Waals surface area contributed by atoms with Crippen molar-refractivity contribution in [3.8, 4) is 17.1 Å². The van der Waals surface area contributed by atoms with E-state index in [4.69, 9.17) is 9.26 Å². The standard InChI is InChI=1S/C25H22N2O3/c1-29-23-14-12-20(13-15-23)24-16-22(26-30-24)18-27(17-19-8-4-2-5-9-19)25(28)21-10-6-3-7-11-21/h2-16H,17-18H2,1H3. The summed E-state index contributed by atoms with van der Waals surface area (Å²) in [5.41, 5.74) is 3.30. The zero-order chi connectivity index (χ0) is 20.8. The van der Waals surface area contributed by atoms with Crippen molar-refractivity contribution in [1.82, 2.24) is 10.1 Å². The molecule has 0 aliphatic rings. The first kappa shape index (κ1) is 19.5. The van der Waals surface area contributed by atoms with Crippen molar-refractivity contribution in [1.29, 1.82) is 0 Å². The fourth-order valence-corrected chi connectivity index (χ4v) is 3.24. The number of rotatable bonds is 7. The maximum atomic E-state index is 13.2. The molecule has 5 nitrogen and oxygen atoms in total. The van der Waals surface area contributed by atoms with E-state index >= 15 is 0 Å². The second-order valence-electron chi connectivity index (χ2n) is 6.92. The third kappa shape index (κ3) is 4.58. The molecule has 0 aliphatic heterocycles. The van der Waals surface area contributed by atoms with Gasteiger partial charge in [0.1, 0.15) is 11.4 Å². The summed E-state index contributed by atoms with van der Waals surface area (Å²) in [5, 5.41) is 4.19. The molecule has 0 saturated carbocycles. The average molecular weight is 398 g/mol. The van der Waals surface area contributed by atoms with Crippen molar-refractivity contribution in [3.63, 3.8) is 0 Å². The van der Waals surface area contributed by atoms with Crippen molar-refractivity contribution < 1.29 is 14.1 Å². The Balaban J connectivity index is 1.57. The van der Waals surface area contributed by atoms with Crippen LogP contribution in [0.3, 0.4) is 0 Å². The minimum atomic E-state index is -0.0477. The lowest BCUT2D eigenvalue weighted by molar-refractivity contribution is 0.0726. The molecule has 0 radical (unpaired) electrons. The summed E-state index contributed by atoms with van der Waals surface area (Å²) in [6.07, 6.45) is 0. The number of nitrogens with zero attached hydrogens (tertiary/aromatic N) is 2. The average Bonchev–Trinajstić information content (AvgIpc) is 3.28. The monoisotopic (exact) mass is 398 g/mol. The Morgan fingerprint density at radius 1 is 0.900 bits per heavy atom. The lowest BCUT2D eigenvalue weighted by Crippen LogP contribution is -2.30. The van der Waals surface area contributed by atoms with E-state index in [-0.39, 0.29) is 5.91 Å². The zero-order valence-electron chi connectivity index (χ0n) is 16.7. The predicted octanol–water partition coefficient (Wildman–Crippen LogP) is 5.19. The van der Waals surface area contributed by atoms with Crippen LogP contribution in [-0.2, 0) is 13.1 Å². The first-order valence-corrected chi connectivity index (χ1v) is 9.71. The van der Waals surface area contributed by atoms with Gasteiger partial charge in [-0.2, -0.15) is 0 Å². The first-order chi connectivity index (χ1) is 14.7. The lowest BCUT2D eigenvalue weighted by atomic mass is 10.1. The van der Waals surface area contributed by atoms with Gasteiger partial charge >= 0.3 is 0 Å². The molecule has 0 aliphatic carbocycles. The van der Waals surface area contributed by atoms with Gasteiger partial charge in [-0.25, -0.2) is 0 Å². The van der Waals surface area contributed by atoms with Crippen molar-refractivity contribution in [2.45, 2.75) is 13.1 Å². The van der Waals surface area contributed by atoms with Crippen LogP contribution in [-0.4, -0.2) is 23.1 Å². The number of hydrogen-bond acceptors (Lipinski definition) is 4. The molecule has 0 N–H and O–H groups in total. The lowest BCUT2D eigenvalue weighted by Gasteiger charge is -2.22. The number of carbonyl (C=O) groups excluding carboxylic acids is 1. The molecule has 150 valence electrons. The quantitative estimate of drug-likeness (QED) is 0.430. The van der Waals surface area contributed by atoms with E-state index in [0.717, 1.165) is 16.9 Å². The van der Waals surface area contributed by atoms with Gasteiger partial charge in [-0.1, -0.05) is 53.7 Å². The fourth-order valence-electron chi connectivity index (χ4n) is 3.24. The molecule has 0 spiro atoms. The van der Waals surface area contributed by atoms with Crippen LogP contribution in [0.1, 0.15) is 21.6 Å². The zero-order valence-corrected chi connectivity index (χ0v) is 16.7. The van der Waals surface area contributed by atoms with Gasteiger partial charge in [0.05, 0.1) is 13.7 Å². The molecular weight excluding hydrogens is 376 g/mol. The van der Waals surface area contributed by atoms with E-state index in [0.29, 0.717) is 30.1 Å². The van der Waals surface area contributed by atoms with Gasteiger partial charge in [-0.3, -0.25) is 4.79 Å². The number of carbonyl (C=O) groups is 1. The van der Waals surface area contributed by atoms with Crippen molar-refractivity contribution >= 4 is 5.91 Å². The van der Waals surface area contributed by atoms with Gasteiger partial charge in [0.25, 0.3) is 5.91 Å². The summed E-state index contributed by atoms with van der Waals surface area (Å²) in [7, 11) is 1.63. The molecule has 4 aromatic rings. The van der Waals surface area contributed by atoms with E-state index in [2.05, 4.69) is 5.16 Å². The predicted molar refractivity (Wildman–Crippen MR) is 115 cm³/mol. The Morgan fingerprint density at radius 3 is 2.23 bits per heavy atom. The molecule has 1 heterocycles. The van der Waals surface area contributed by atoms with Gasteiger partial charge in [-0.05, 0) is 42.0 Å². The number of aromatic nitrogens is 1. The van der Waals surface area contributed by atoms with Crippen LogP contribution < -0.4 is 4.74 Å². The Morgan fingerprint density at radius 2 is 1.57 bits per heavy atom. The summed E-state index contributed by atoms with van der Waals surface area (Å²) in [4.78, 5) is 14.9. The van der Waals surface area contributed by atoms with E-state index < -0.39 is 0 Å². The van der Waals surface area contributed by atoms with Crippen molar-refractivity contribution in [3.05, 3.63) is 108 Å². The minimum Gasteiger partial charge on any atom is -0.497 e. The highest BCUT2D eigenvalue weighted by atomic mass is 16.5. The third-order valence-corrected chi connectivity index (χ3v) is 4.81. The molecule has 0 saturated heterocycles. The van der Waals surface area contributed by atoms with Crippen LogP contribution in [0.5, 0.6) is 5.75 Å². The summed E-state index contributed by atoms with van der Waals surface area (Å²) in [5.74, 6) is 1.38. The fraction of sp³-hybridized carbons (Fsp3) is 0.120. The Hall–Kier alpha value is -3.86. The third-order valence-electron chi connectivity index (χ3n) is 4.81. The summed E-state index contributed by atoms with van der Waals surface area (Å²) in [6.45, 7) is 0.835. The Bertz CT molecular complexity index is 1090. The molecule has 3 aromatic carbocycles. The van der Waals surface area contributed by atoms with Crippen molar-refractivity contribution in [2.75, 3.05) is 7.11 Å². The molecule has 1 aromatic heterocycles. The molecule has 0 fully saturated rings. The maximum absolute atomic E-state index is 13.2. The molecule has 0 bridgehead atoms. The summed E-state index contributed by atoms with van der Waals surface area (Å²) < 4.78 is 10.7. The van der Waals surface area contributed by atoms with Gasteiger partial charge in [0.15, 0.2) is 5.76 Å². The van der Waals surface area contributed by atoms with E-state index in [9.17, 15) is 4.79 Å². The number of ether oxygens (including phenoxy) is 1. The highest BCUT2D eigenvalue weighted by molar-refractivity contribution is 5.94. The van der Waals surface area contributed by atoms with Crippen LogP contribution in [0, 0.1) is 0 Å². The number of amides is 1. The Labute approximate surface area is 175 Å². The first-order valence-electron chi connectivity index (χ1n) is 9.71. The van der Waals surface area contributed by atoms with E-state index in [1.165, 1.54) is 0 Å². The van der Waals surface area contributed by atoms with E-state index in [1.54, 1.807) is 12.0 Å². The molecular formula is C25H22N2O3. The van der Waals surface area contributed by atoms with Gasteiger partial charge < -0.3 is 14.2 Å². The normalized spacial score (nSPS) is 10.6. The van der Waals surface area contributed by atoms with Crippen LogP contribution >= 0.6 is 0 Å². The molecule has 1 amide bonds. The van der Waals surface area contributed by atoms with Crippen LogP contribution in [0.4, 0.5) is 0 Å². The van der Waals surface area contributed by atoms with Crippen LogP contribution in [0.2, 0.25) is 0 Å². The molecule has 0 atom stereocenters. The molecule has 5 heteroatoms. The largest absolute Gasteiger partial charge is 0.497 e. The minimum absolute atomic E-state index is 0.0477. The van der Waals surface area contributed by atoms with Gasteiger partial charge in [0, 0.05) is 23.7 Å². The highest BCUT2D eigenvalue weighted by Crippen LogP contribution is 2.24. The van der Waals surface area contributed by atoms with Gasteiger partial charge in [0.2, 0.25) is 0 Å². The maximum Gasteiger partial charge on any atom is 0.254 e. The van der Waals surface area contributed by atoms with E-state index in [1.807, 2.05) is 91.0 Å². The number of benzene rings is 3. The highest BCUT2D eigenvalue weighted by Gasteiger charge is 2.19.